The summed E-state index contributed by atoms with van der Waals surface area (Å²) >= 11 is 0. The smallest absolute Gasteiger partial charge is 0.155 e. The lowest BCUT2D eigenvalue weighted by molar-refractivity contribution is 0.117. The van der Waals surface area contributed by atoms with Crippen LogP contribution in [0.4, 0.5) is 0 Å². The largest absolute Gasteiger partial charge is 0.380 e. The third-order valence-electron chi connectivity index (χ3n) is 4.55. The van der Waals surface area contributed by atoms with Crippen molar-refractivity contribution in [2.24, 2.45) is 5.41 Å². The molecule has 0 radical (unpaired) electrons. The molecule has 0 bridgehead atoms. The van der Waals surface area contributed by atoms with Crippen LogP contribution in [0.5, 0.6) is 0 Å². The second-order valence-electron chi connectivity index (χ2n) is 5.73. The zero-order chi connectivity index (χ0) is 16.4. The number of nitrogens with zero attached hydrogens (tertiary/aromatic N) is 1. The molecule has 2 rings (SSSR count). The average Bonchev–Trinajstić information content (AvgIpc) is 3.23. The molecule has 4 nitrogen and oxygen atoms in total. The Hall–Kier alpha value is -1.38. The van der Waals surface area contributed by atoms with Gasteiger partial charge in [0.25, 0.3) is 0 Å². The number of hydrogen-bond donors (Lipinski definition) is 0. The molecule has 0 amide bonds. The van der Waals surface area contributed by atoms with E-state index in [-0.39, 0.29) is 18.3 Å². The van der Waals surface area contributed by atoms with E-state index in [1.54, 1.807) is 6.92 Å². The van der Waals surface area contributed by atoms with Gasteiger partial charge in [-0.3, -0.25) is 0 Å². The Kier molecular flexibility index (Phi) is 4.93. The van der Waals surface area contributed by atoms with Gasteiger partial charge in [-0.25, -0.2) is 8.42 Å². The fourth-order valence-corrected chi connectivity index (χ4v) is 5.16. The van der Waals surface area contributed by atoms with E-state index >= 15 is 0 Å². The van der Waals surface area contributed by atoms with E-state index in [1.807, 2.05) is 31.2 Å². The molecule has 5 heteroatoms. The maximum absolute atomic E-state index is 12.4. The molecule has 0 aliphatic heterocycles. The number of hydrogen-bond acceptors (Lipinski definition) is 4. The second-order valence-corrected chi connectivity index (χ2v) is 8.15. The van der Waals surface area contributed by atoms with Gasteiger partial charge in [-0.1, -0.05) is 38.1 Å². The minimum absolute atomic E-state index is 0.0523. The summed E-state index contributed by atoms with van der Waals surface area (Å²) in [4.78, 5) is 0. The summed E-state index contributed by atoms with van der Waals surface area (Å²) in [5.41, 5.74) is 1.17. The van der Waals surface area contributed by atoms with Crippen molar-refractivity contribution in [2.45, 2.75) is 38.4 Å². The molecule has 1 aromatic carbocycles. The normalized spacial score (nSPS) is 27.4. The van der Waals surface area contributed by atoms with Gasteiger partial charge < -0.3 is 4.74 Å². The van der Waals surface area contributed by atoms with Gasteiger partial charge in [-0.05, 0) is 24.5 Å². The highest BCUT2D eigenvalue weighted by molar-refractivity contribution is 7.92. The van der Waals surface area contributed by atoms with Crippen molar-refractivity contribution in [3.8, 4) is 6.07 Å². The Morgan fingerprint density at radius 2 is 1.86 bits per heavy atom. The van der Waals surface area contributed by atoms with Gasteiger partial charge in [0.1, 0.15) is 5.41 Å². The molecule has 1 aliphatic rings. The summed E-state index contributed by atoms with van der Waals surface area (Å²) in [5, 5.41) is 8.99. The molecule has 1 fully saturated rings. The van der Waals surface area contributed by atoms with Crippen molar-refractivity contribution in [3.63, 3.8) is 0 Å². The lowest BCUT2D eigenvalue weighted by Gasteiger charge is -2.09. The van der Waals surface area contributed by atoms with E-state index in [9.17, 15) is 13.7 Å². The molecular weight excluding hydrogens is 298 g/mol. The van der Waals surface area contributed by atoms with Crippen molar-refractivity contribution in [1.29, 1.82) is 5.26 Å². The van der Waals surface area contributed by atoms with Gasteiger partial charge in [0.15, 0.2) is 9.84 Å². The highest BCUT2D eigenvalue weighted by Crippen LogP contribution is 2.62. The van der Waals surface area contributed by atoms with Gasteiger partial charge in [0.05, 0.1) is 17.9 Å². The second kappa shape index (κ2) is 6.39. The first kappa shape index (κ1) is 17.0. The Morgan fingerprint density at radius 3 is 2.32 bits per heavy atom. The number of aryl methyl sites for hydroxylation is 1. The Balaban J connectivity index is 2.40. The summed E-state index contributed by atoms with van der Waals surface area (Å²) in [6.45, 7) is 6.20. The third kappa shape index (κ3) is 2.78. The van der Waals surface area contributed by atoms with E-state index < -0.39 is 20.5 Å². The van der Waals surface area contributed by atoms with E-state index in [1.165, 1.54) is 5.56 Å². The average molecular weight is 321 g/mol. The van der Waals surface area contributed by atoms with Crippen LogP contribution in [-0.2, 0) is 21.0 Å². The molecule has 120 valence electrons. The maximum Gasteiger partial charge on any atom is 0.155 e. The quantitative estimate of drug-likeness (QED) is 0.774. The maximum atomic E-state index is 12.4. The molecular formula is C17H23NO3S. The molecule has 0 spiro atoms. The molecule has 0 N–H and O–H groups in total. The first-order valence-corrected chi connectivity index (χ1v) is 9.47. The Morgan fingerprint density at radius 1 is 1.23 bits per heavy atom. The van der Waals surface area contributed by atoms with Crippen LogP contribution in [0.25, 0.3) is 0 Å². The molecule has 0 saturated heterocycles. The fraction of sp³-hybridized carbons (Fsp3) is 0.588. The summed E-state index contributed by atoms with van der Waals surface area (Å²) in [6, 6.07) is 10.2. The van der Waals surface area contributed by atoms with E-state index in [4.69, 9.17) is 4.74 Å². The summed E-state index contributed by atoms with van der Waals surface area (Å²) in [5.74, 6) is -0.239. The minimum Gasteiger partial charge on any atom is -0.380 e. The number of nitriles is 1. The predicted octanol–water partition coefficient (Wildman–Crippen LogP) is 2.70. The number of benzene rings is 1. The standard InChI is InChI=1S/C17H23NO3S/c1-4-13-7-9-14(10-8-13)15-16(22(19,20)6-3)17(15,11-18)12-21-5-2/h7-10,15-16H,4-6,12H2,1-3H3/t15-,16+,17+/m1/s1. The fourth-order valence-electron chi connectivity index (χ4n) is 3.15. The predicted molar refractivity (Wildman–Crippen MR) is 86.3 cm³/mol. The van der Waals surface area contributed by atoms with Crippen molar-refractivity contribution in [3.05, 3.63) is 35.4 Å². The van der Waals surface area contributed by atoms with E-state index in [0.717, 1.165) is 12.0 Å². The zero-order valence-electron chi connectivity index (χ0n) is 13.4. The Labute approximate surface area is 133 Å². The summed E-state index contributed by atoms with van der Waals surface area (Å²) < 4.78 is 30.2. The van der Waals surface area contributed by atoms with Crippen LogP contribution in [0.15, 0.2) is 24.3 Å². The molecule has 0 heterocycles. The molecule has 1 aromatic rings. The monoisotopic (exact) mass is 321 g/mol. The first-order chi connectivity index (χ1) is 10.5. The van der Waals surface area contributed by atoms with Crippen molar-refractivity contribution in [2.75, 3.05) is 19.0 Å². The summed E-state index contributed by atoms with van der Waals surface area (Å²) in [7, 11) is -3.29. The summed E-state index contributed by atoms with van der Waals surface area (Å²) in [6.07, 6.45) is 0.934. The van der Waals surface area contributed by atoms with Gasteiger partial charge >= 0.3 is 0 Å². The van der Waals surface area contributed by atoms with Crippen LogP contribution in [0.1, 0.15) is 37.8 Å². The van der Waals surface area contributed by atoms with Crippen LogP contribution in [0.3, 0.4) is 0 Å². The molecule has 1 aliphatic carbocycles. The van der Waals surface area contributed by atoms with Crippen LogP contribution in [-0.4, -0.2) is 32.6 Å². The highest BCUT2D eigenvalue weighted by atomic mass is 32.2. The van der Waals surface area contributed by atoms with Crippen LogP contribution < -0.4 is 0 Å². The first-order valence-electron chi connectivity index (χ1n) is 7.76. The van der Waals surface area contributed by atoms with Crippen LogP contribution >= 0.6 is 0 Å². The number of rotatable bonds is 7. The SMILES string of the molecule is CCOC[C@@]1(C#N)[C@H](c2ccc(CC)cc2)[C@@H]1S(=O)(=O)CC. The molecule has 22 heavy (non-hydrogen) atoms. The van der Waals surface area contributed by atoms with Crippen LogP contribution in [0, 0.1) is 16.7 Å². The topological polar surface area (TPSA) is 67.2 Å². The lowest BCUT2D eigenvalue weighted by atomic mass is 10.00. The molecule has 1 saturated carbocycles. The number of sulfone groups is 1. The molecule has 0 aromatic heterocycles. The Bertz CT molecular complexity index is 660. The van der Waals surface area contributed by atoms with Gasteiger partial charge in [0.2, 0.25) is 0 Å². The van der Waals surface area contributed by atoms with Gasteiger partial charge in [-0.15, -0.1) is 0 Å². The van der Waals surface area contributed by atoms with Crippen molar-refractivity contribution >= 4 is 9.84 Å². The molecule has 0 unspecified atom stereocenters. The third-order valence-corrected chi connectivity index (χ3v) is 6.82. The highest BCUT2D eigenvalue weighted by Gasteiger charge is 2.71. The minimum atomic E-state index is -3.29. The van der Waals surface area contributed by atoms with Gasteiger partial charge in [0, 0.05) is 18.3 Å². The van der Waals surface area contributed by atoms with Crippen LogP contribution in [0.2, 0.25) is 0 Å². The number of ether oxygens (including phenoxy) is 1. The van der Waals surface area contributed by atoms with E-state index in [0.29, 0.717) is 6.61 Å². The van der Waals surface area contributed by atoms with Gasteiger partial charge in [-0.2, -0.15) is 5.26 Å². The van der Waals surface area contributed by atoms with Crippen molar-refractivity contribution in [1.82, 2.24) is 0 Å². The van der Waals surface area contributed by atoms with Crippen molar-refractivity contribution < 1.29 is 13.2 Å². The van der Waals surface area contributed by atoms with E-state index in [2.05, 4.69) is 13.0 Å². The molecule has 3 atom stereocenters. The zero-order valence-corrected chi connectivity index (χ0v) is 14.2. The lowest BCUT2D eigenvalue weighted by Crippen LogP contribution is -2.20.